The SMILES string of the molecule is Cn1cncc1CNCC1(N2CCCCC2)CCCCC1. The number of aryl methyl sites for hydroxylation is 1. The molecule has 21 heavy (non-hydrogen) atoms. The lowest BCUT2D eigenvalue weighted by atomic mass is 9.79. The van der Waals surface area contributed by atoms with Crippen molar-refractivity contribution in [1.82, 2.24) is 19.8 Å². The van der Waals surface area contributed by atoms with Crippen LogP contribution in [0.4, 0.5) is 0 Å². The van der Waals surface area contributed by atoms with Crippen LogP contribution in [0, 0.1) is 0 Å². The molecule has 1 aliphatic heterocycles. The van der Waals surface area contributed by atoms with Crippen molar-refractivity contribution >= 4 is 0 Å². The van der Waals surface area contributed by atoms with Crippen molar-refractivity contribution in [3.8, 4) is 0 Å². The fourth-order valence-corrected chi connectivity index (χ4v) is 4.16. The lowest BCUT2D eigenvalue weighted by molar-refractivity contribution is 0.0332. The predicted molar refractivity (Wildman–Crippen MR) is 86.2 cm³/mol. The number of nitrogens with zero attached hydrogens (tertiary/aromatic N) is 3. The number of nitrogens with one attached hydrogen (secondary N) is 1. The zero-order valence-corrected chi connectivity index (χ0v) is 13.5. The highest BCUT2D eigenvalue weighted by molar-refractivity contribution is 5.00. The molecule has 2 heterocycles. The van der Waals surface area contributed by atoms with Gasteiger partial charge in [-0.1, -0.05) is 25.7 Å². The van der Waals surface area contributed by atoms with Crippen LogP contribution in [0.15, 0.2) is 12.5 Å². The first-order valence-corrected chi connectivity index (χ1v) is 8.71. The summed E-state index contributed by atoms with van der Waals surface area (Å²) >= 11 is 0. The van der Waals surface area contributed by atoms with Crippen LogP contribution in [0.5, 0.6) is 0 Å². The summed E-state index contributed by atoms with van der Waals surface area (Å²) in [5.74, 6) is 0. The van der Waals surface area contributed by atoms with Crippen LogP contribution in [0.3, 0.4) is 0 Å². The number of imidazole rings is 1. The highest BCUT2D eigenvalue weighted by atomic mass is 15.2. The zero-order valence-electron chi connectivity index (χ0n) is 13.5. The summed E-state index contributed by atoms with van der Waals surface area (Å²) in [6.07, 6.45) is 15.1. The smallest absolute Gasteiger partial charge is 0.0945 e. The standard InChI is InChI=1S/C17H30N4/c1-20-15-19-13-16(20)12-18-14-17(8-4-2-5-9-17)21-10-6-3-7-11-21/h13,15,18H,2-12,14H2,1H3. The second kappa shape index (κ2) is 6.93. The van der Waals surface area contributed by atoms with Crippen LogP contribution in [0.25, 0.3) is 0 Å². The third-order valence-corrected chi connectivity index (χ3v) is 5.49. The first kappa shape index (κ1) is 15.0. The average molecular weight is 290 g/mol. The molecule has 0 radical (unpaired) electrons. The molecule has 0 atom stereocenters. The van der Waals surface area contributed by atoms with Crippen molar-refractivity contribution in [2.75, 3.05) is 19.6 Å². The van der Waals surface area contributed by atoms with Crippen molar-refractivity contribution < 1.29 is 0 Å². The second-order valence-electron chi connectivity index (χ2n) is 6.93. The number of rotatable bonds is 5. The number of aromatic nitrogens is 2. The maximum atomic E-state index is 4.21. The minimum Gasteiger partial charge on any atom is -0.337 e. The van der Waals surface area contributed by atoms with Crippen molar-refractivity contribution in [3.63, 3.8) is 0 Å². The van der Waals surface area contributed by atoms with Gasteiger partial charge in [0.1, 0.15) is 0 Å². The first-order valence-electron chi connectivity index (χ1n) is 8.71. The molecule has 118 valence electrons. The molecular weight excluding hydrogens is 260 g/mol. The molecule has 1 aliphatic carbocycles. The first-order chi connectivity index (χ1) is 10.3. The zero-order chi connectivity index (χ0) is 14.5. The molecule has 0 bridgehead atoms. The maximum Gasteiger partial charge on any atom is 0.0945 e. The summed E-state index contributed by atoms with van der Waals surface area (Å²) in [6.45, 7) is 4.70. The van der Waals surface area contributed by atoms with E-state index in [9.17, 15) is 0 Å². The van der Waals surface area contributed by atoms with Gasteiger partial charge in [0.25, 0.3) is 0 Å². The Hall–Kier alpha value is -0.870. The Kier molecular flexibility index (Phi) is 4.96. The molecule has 0 aromatic carbocycles. The Morgan fingerprint density at radius 1 is 1.10 bits per heavy atom. The molecule has 1 aromatic rings. The molecule has 4 heteroatoms. The number of piperidine rings is 1. The Morgan fingerprint density at radius 2 is 1.81 bits per heavy atom. The van der Waals surface area contributed by atoms with Crippen molar-refractivity contribution in [2.24, 2.45) is 7.05 Å². The molecule has 0 spiro atoms. The third-order valence-electron chi connectivity index (χ3n) is 5.49. The van der Waals surface area contributed by atoms with Gasteiger partial charge in [-0.2, -0.15) is 0 Å². The van der Waals surface area contributed by atoms with Gasteiger partial charge in [-0.05, 0) is 38.8 Å². The monoisotopic (exact) mass is 290 g/mol. The molecule has 1 saturated heterocycles. The van der Waals surface area contributed by atoms with Gasteiger partial charge in [0.2, 0.25) is 0 Å². The van der Waals surface area contributed by atoms with E-state index in [1.54, 1.807) is 0 Å². The lowest BCUT2D eigenvalue weighted by Crippen LogP contribution is -2.57. The summed E-state index contributed by atoms with van der Waals surface area (Å²) in [4.78, 5) is 7.02. The minimum absolute atomic E-state index is 0.428. The number of hydrogen-bond donors (Lipinski definition) is 1. The average Bonchev–Trinajstić information content (AvgIpc) is 2.95. The molecule has 0 amide bonds. The molecule has 3 rings (SSSR count). The fourth-order valence-electron chi connectivity index (χ4n) is 4.16. The van der Waals surface area contributed by atoms with Crippen molar-refractivity contribution in [3.05, 3.63) is 18.2 Å². The molecular formula is C17H30N4. The Bertz CT molecular complexity index is 428. The number of likely N-dealkylation sites (tertiary alicyclic amines) is 1. The summed E-state index contributed by atoms with van der Waals surface area (Å²) in [6, 6.07) is 0. The van der Waals surface area contributed by atoms with Gasteiger partial charge in [0.15, 0.2) is 0 Å². The van der Waals surface area contributed by atoms with E-state index in [-0.39, 0.29) is 0 Å². The van der Waals surface area contributed by atoms with Gasteiger partial charge in [-0.3, -0.25) is 4.90 Å². The van der Waals surface area contributed by atoms with E-state index in [2.05, 4.69) is 26.8 Å². The van der Waals surface area contributed by atoms with Gasteiger partial charge in [0.05, 0.1) is 12.0 Å². The third kappa shape index (κ3) is 3.49. The predicted octanol–water partition coefficient (Wildman–Crippen LogP) is 2.70. The minimum atomic E-state index is 0.428. The van der Waals surface area contributed by atoms with E-state index in [1.807, 2.05) is 12.5 Å². The van der Waals surface area contributed by atoms with Crippen LogP contribution in [0.1, 0.15) is 57.1 Å². The summed E-state index contributed by atoms with van der Waals surface area (Å²) in [7, 11) is 2.07. The van der Waals surface area contributed by atoms with E-state index >= 15 is 0 Å². The summed E-state index contributed by atoms with van der Waals surface area (Å²) < 4.78 is 2.11. The lowest BCUT2D eigenvalue weighted by Gasteiger charge is -2.48. The van der Waals surface area contributed by atoms with Gasteiger partial charge in [0, 0.05) is 31.9 Å². The highest BCUT2D eigenvalue weighted by Crippen LogP contribution is 2.35. The Labute approximate surface area is 128 Å². The van der Waals surface area contributed by atoms with Crippen LogP contribution < -0.4 is 5.32 Å². The largest absolute Gasteiger partial charge is 0.337 e. The molecule has 1 N–H and O–H groups in total. The maximum absolute atomic E-state index is 4.21. The molecule has 4 nitrogen and oxygen atoms in total. The van der Waals surface area contributed by atoms with Crippen LogP contribution in [-0.4, -0.2) is 39.6 Å². The number of hydrogen-bond acceptors (Lipinski definition) is 3. The van der Waals surface area contributed by atoms with Crippen molar-refractivity contribution in [1.29, 1.82) is 0 Å². The molecule has 0 unspecified atom stereocenters. The van der Waals surface area contributed by atoms with Crippen LogP contribution in [-0.2, 0) is 13.6 Å². The van der Waals surface area contributed by atoms with Crippen LogP contribution in [0.2, 0.25) is 0 Å². The molecule has 1 saturated carbocycles. The summed E-state index contributed by atoms with van der Waals surface area (Å²) in [5.41, 5.74) is 1.71. The van der Waals surface area contributed by atoms with E-state index < -0.39 is 0 Å². The quantitative estimate of drug-likeness (QED) is 0.905. The summed E-state index contributed by atoms with van der Waals surface area (Å²) in [5, 5.41) is 3.73. The van der Waals surface area contributed by atoms with Gasteiger partial charge in [-0.25, -0.2) is 4.98 Å². The second-order valence-corrected chi connectivity index (χ2v) is 6.93. The Balaban J connectivity index is 1.60. The highest BCUT2D eigenvalue weighted by Gasteiger charge is 2.37. The molecule has 2 aliphatic rings. The fraction of sp³-hybridized carbons (Fsp3) is 0.824. The topological polar surface area (TPSA) is 33.1 Å². The van der Waals surface area contributed by atoms with E-state index in [1.165, 1.54) is 70.2 Å². The normalized spacial score (nSPS) is 23.3. The molecule has 2 fully saturated rings. The van der Waals surface area contributed by atoms with Gasteiger partial charge in [-0.15, -0.1) is 0 Å². The molecule has 1 aromatic heterocycles. The van der Waals surface area contributed by atoms with E-state index in [0.29, 0.717) is 5.54 Å². The van der Waals surface area contributed by atoms with Crippen LogP contribution >= 0.6 is 0 Å². The van der Waals surface area contributed by atoms with E-state index in [0.717, 1.165) is 13.1 Å². The van der Waals surface area contributed by atoms with Crippen molar-refractivity contribution in [2.45, 2.75) is 63.5 Å². The van der Waals surface area contributed by atoms with Gasteiger partial charge < -0.3 is 9.88 Å². The Morgan fingerprint density at radius 3 is 2.48 bits per heavy atom. The van der Waals surface area contributed by atoms with Gasteiger partial charge >= 0.3 is 0 Å². The van der Waals surface area contributed by atoms with E-state index in [4.69, 9.17) is 0 Å².